The molecule has 0 aliphatic heterocycles. The summed E-state index contributed by atoms with van der Waals surface area (Å²) in [4.78, 5) is 35.7. The molecule has 0 bridgehead atoms. The fraction of sp³-hybridized carbons (Fsp3) is 0.714. The van der Waals surface area contributed by atoms with Crippen molar-refractivity contribution in [1.29, 1.82) is 0 Å². The summed E-state index contributed by atoms with van der Waals surface area (Å²) in [5, 5.41) is 70.6. The lowest BCUT2D eigenvalue weighted by molar-refractivity contribution is -0.220. The molecule has 1 rings (SSSR count). The topological polar surface area (TPSA) is 250 Å². The zero-order valence-electron chi connectivity index (χ0n) is 39.0. The van der Waals surface area contributed by atoms with Crippen LogP contribution < -0.4 is 0 Å². The first-order valence-electron chi connectivity index (χ1n) is 23.9. The van der Waals surface area contributed by atoms with Crippen LogP contribution in [0.5, 0.6) is 0 Å². The number of carbonyl (C=O) groups excluding carboxylic acids is 2. The van der Waals surface area contributed by atoms with E-state index in [-0.39, 0.29) is 12.8 Å². The van der Waals surface area contributed by atoms with E-state index in [0.717, 1.165) is 64.2 Å². The van der Waals surface area contributed by atoms with Crippen molar-refractivity contribution in [2.24, 2.45) is 0 Å². The van der Waals surface area contributed by atoms with Crippen LogP contribution in [0.4, 0.5) is 0 Å². The molecule has 8 N–H and O–H groups in total. The Morgan fingerprint density at radius 1 is 0.538 bits per heavy atom. The Morgan fingerprint density at radius 3 is 1.57 bits per heavy atom. The summed E-state index contributed by atoms with van der Waals surface area (Å²) in [6.45, 7) is 3.01. The van der Waals surface area contributed by atoms with Crippen molar-refractivity contribution in [3.8, 4) is 0 Å². The maximum atomic E-state index is 12.8. The molecular weight excluding hydrogens is 859 g/mol. The van der Waals surface area contributed by atoms with Crippen molar-refractivity contribution in [3.63, 3.8) is 0 Å². The molecule has 1 saturated carbocycles. The molecule has 0 aromatic carbocycles. The number of phosphoric acid groups is 1. The number of unbranched alkanes of at least 4 members (excludes halogenated alkanes) is 10. The van der Waals surface area contributed by atoms with Crippen LogP contribution in [0.15, 0.2) is 72.9 Å². The zero-order chi connectivity index (χ0) is 48.1. The van der Waals surface area contributed by atoms with Crippen LogP contribution in [0.25, 0.3) is 0 Å². The molecule has 65 heavy (non-hydrogen) atoms. The van der Waals surface area contributed by atoms with Gasteiger partial charge in [0.15, 0.2) is 6.10 Å². The van der Waals surface area contributed by atoms with E-state index in [2.05, 4.69) is 50.3 Å². The number of hydrogen-bond donors (Lipinski definition) is 8. The normalized spacial score (nSPS) is 23.0. The summed E-state index contributed by atoms with van der Waals surface area (Å²) in [6, 6.07) is 0. The summed E-state index contributed by atoms with van der Waals surface area (Å²) in [5.74, 6) is -1.31. The first kappa shape index (κ1) is 60.2. The van der Waals surface area contributed by atoms with Crippen molar-refractivity contribution in [2.75, 3.05) is 13.2 Å². The minimum absolute atomic E-state index is 0.0489. The van der Waals surface area contributed by atoms with Crippen molar-refractivity contribution in [2.45, 2.75) is 210 Å². The van der Waals surface area contributed by atoms with Crippen LogP contribution in [-0.4, -0.2) is 121 Å². The second kappa shape index (κ2) is 38.2. The Bertz CT molecular complexity index is 1450. The molecule has 0 saturated heterocycles. The van der Waals surface area contributed by atoms with E-state index in [1.165, 1.54) is 25.7 Å². The predicted molar refractivity (Wildman–Crippen MR) is 251 cm³/mol. The van der Waals surface area contributed by atoms with Gasteiger partial charge < -0.3 is 50.1 Å². The summed E-state index contributed by atoms with van der Waals surface area (Å²) < 4.78 is 33.4. The number of aliphatic hydroxyl groups is 7. The molecule has 374 valence electrons. The summed E-state index contributed by atoms with van der Waals surface area (Å²) in [7, 11) is -5.18. The van der Waals surface area contributed by atoms with Gasteiger partial charge in [-0.15, -0.1) is 0 Å². The number of ether oxygens (including phenoxy) is 2. The SMILES string of the molecule is CCCCC/C=C\C/C=C\C/C=C\C/C=C\C/C=C\CCC(=O)O[C@H](COC(=O)CCCCCCC[C@@H](O)[C@H](O)C/C=C\CCCCC)COP(=O)(O)OC1[C@H](O)[C@H](O)C(O)[C@H](O)[C@H]1O. The number of rotatable bonds is 38. The molecule has 1 aliphatic carbocycles. The number of aliphatic hydroxyl groups excluding tert-OH is 7. The Balaban J connectivity index is 2.56. The number of phosphoric ester groups is 1. The molecule has 0 aromatic heterocycles. The Kier molecular flexibility index (Phi) is 35.4. The van der Waals surface area contributed by atoms with E-state index < -0.39 is 87.9 Å². The smallest absolute Gasteiger partial charge is 0.462 e. The van der Waals surface area contributed by atoms with E-state index in [0.29, 0.717) is 38.5 Å². The van der Waals surface area contributed by atoms with E-state index in [1.54, 1.807) is 0 Å². The van der Waals surface area contributed by atoms with Crippen LogP contribution in [0.1, 0.15) is 155 Å². The van der Waals surface area contributed by atoms with Gasteiger partial charge in [0.1, 0.15) is 43.2 Å². The average Bonchev–Trinajstić information content (AvgIpc) is 3.28. The quantitative estimate of drug-likeness (QED) is 0.0130. The minimum Gasteiger partial charge on any atom is -0.462 e. The molecule has 0 spiro atoms. The maximum Gasteiger partial charge on any atom is 0.472 e. The molecule has 10 atom stereocenters. The van der Waals surface area contributed by atoms with Gasteiger partial charge >= 0.3 is 19.8 Å². The molecule has 0 amide bonds. The number of hydrogen-bond acceptors (Lipinski definition) is 14. The summed E-state index contributed by atoms with van der Waals surface area (Å²) in [5.41, 5.74) is 0. The van der Waals surface area contributed by atoms with Crippen molar-refractivity contribution >= 4 is 19.8 Å². The Morgan fingerprint density at radius 2 is 1.02 bits per heavy atom. The second-order valence-electron chi connectivity index (χ2n) is 16.6. The van der Waals surface area contributed by atoms with E-state index in [4.69, 9.17) is 18.5 Å². The van der Waals surface area contributed by atoms with Gasteiger partial charge in [-0.1, -0.05) is 138 Å². The second-order valence-corrected chi connectivity index (χ2v) is 18.0. The van der Waals surface area contributed by atoms with Crippen LogP contribution >= 0.6 is 7.82 Å². The molecular formula is C49H83O15P. The van der Waals surface area contributed by atoms with Crippen molar-refractivity contribution in [1.82, 2.24) is 0 Å². The Labute approximate surface area is 388 Å². The largest absolute Gasteiger partial charge is 0.472 e. The van der Waals surface area contributed by atoms with Crippen LogP contribution in [0.2, 0.25) is 0 Å². The third-order valence-electron chi connectivity index (χ3n) is 10.7. The zero-order valence-corrected chi connectivity index (χ0v) is 39.9. The van der Waals surface area contributed by atoms with E-state index in [9.17, 15) is 54.8 Å². The summed E-state index contributed by atoms with van der Waals surface area (Å²) >= 11 is 0. The third kappa shape index (κ3) is 30.3. The monoisotopic (exact) mass is 943 g/mol. The average molecular weight is 943 g/mol. The molecule has 15 nitrogen and oxygen atoms in total. The van der Waals surface area contributed by atoms with Crippen molar-refractivity contribution < 1.29 is 73.3 Å². The molecule has 0 radical (unpaired) electrons. The Hall–Kier alpha value is -2.79. The molecule has 0 aromatic rings. The lowest BCUT2D eigenvalue weighted by atomic mass is 9.85. The van der Waals surface area contributed by atoms with E-state index >= 15 is 0 Å². The van der Waals surface area contributed by atoms with Gasteiger partial charge in [-0.25, -0.2) is 4.57 Å². The van der Waals surface area contributed by atoms with Crippen molar-refractivity contribution in [3.05, 3.63) is 72.9 Å². The van der Waals surface area contributed by atoms with Gasteiger partial charge in [0.2, 0.25) is 0 Å². The van der Waals surface area contributed by atoms with Gasteiger partial charge in [0, 0.05) is 12.8 Å². The van der Waals surface area contributed by atoms with Gasteiger partial charge in [0.05, 0.1) is 18.8 Å². The highest BCUT2D eigenvalue weighted by molar-refractivity contribution is 7.47. The first-order chi connectivity index (χ1) is 31.2. The van der Waals surface area contributed by atoms with Gasteiger partial charge in [-0.2, -0.15) is 0 Å². The highest BCUT2D eigenvalue weighted by Gasteiger charge is 2.51. The van der Waals surface area contributed by atoms with E-state index in [1.807, 2.05) is 36.5 Å². The van der Waals surface area contributed by atoms with Crippen LogP contribution in [-0.2, 0) is 32.7 Å². The highest BCUT2D eigenvalue weighted by Crippen LogP contribution is 2.47. The lowest BCUT2D eigenvalue weighted by Gasteiger charge is -2.41. The lowest BCUT2D eigenvalue weighted by Crippen LogP contribution is -2.64. The molecule has 1 fully saturated rings. The summed E-state index contributed by atoms with van der Waals surface area (Å²) in [6.07, 6.45) is 26.9. The first-order valence-corrected chi connectivity index (χ1v) is 25.4. The number of allylic oxidation sites excluding steroid dienone is 11. The highest BCUT2D eigenvalue weighted by atomic mass is 31.2. The molecule has 16 heteroatoms. The van der Waals surface area contributed by atoms with Gasteiger partial charge in [-0.3, -0.25) is 18.6 Å². The maximum absolute atomic E-state index is 12.8. The van der Waals surface area contributed by atoms with Gasteiger partial charge in [0.25, 0.3) is 0 Å². The molecule has 1 aliphatic rings. The van der Waals surface area contributed by atoms with Gasteiger partial charge in [-0.05, 0) is 77.0 Å². The predicted octanol–water partition coefficient (Wildman–Crippen LogP) is 7.44. The standard InChI is InChI=1S/C49H83O15P/c1-3-5-7-9-11-12-13-14-15-16-17-18-19-20-21-22-23-27-32-36-43(53)63-39(38-62-65(59,60)64-49-47(57)45(55)44(54)46(56)48(49)58)37-61-42(52)35-31-28-24-26-30-34-41(51)40(50)33-29-25-10-8-6-4-2/h11-12,14-15,17-18,20-21,23,25,27,29,39-41,44-51,54-58H,3-10,13,16,19,22,24,26,28,30-38H2,1-2H3,(H,59,60)/b12-11-,15-14-,18-17-,21-20-,27-23-,29-25-/t39-,40-,41-,44?,45-,46+,47-,48-,49?/m1/s1. The number of esters is 2. The van der Waals surface area contributed by atoms with Crippen LogP contribution in [0.3, 0.4) is 0 Å². The fourth-order valence-electron chi connectivity index (χ4n) is 6.70. The minimum atomic E-state index is -5.18. The fourth-order valence-corrected chi connectivity index (χ4v) is 7.68. The van der Waals surface area contributed by atoms with Crippen LogP contribution in [0, 0.1) is 0 Å². The molecule has 3 unspecified atom stereocenters. The third-order valence-corrected chi connectivity index (χ3v) is 11.7. The molecule has 0 heterocycles. The number of carbonyl (C=O) groups is 2.